The molecule has 2 aliphatic carbocycles. The highest BCUT2D eigenvalue weighted by Crippen LogP contribution is 2.68. The van der Waals surface area contributed by atoms with Gasteiger partial charge in [0.15, 0.2) is 0 Å². The van der Waals surface area contributed by atoms with Crippen LogP contribution < -0.4 is 14.4 Å². The molecule has 246 valence electrons. The van der Waals surface area contributed by atoms with Crippen LogP contribution in [0.25, 0.3) is 0 Å². The van der Waals surface area contributed by atoms with Gasteiger partial charge in [-0.1, -0.05) is 37.8 Å². The molecule has 2 saturated carbocycles. The molecule has 46 heavy (non-hydrogen) atoms. The molecule has 0 bridgehead atoms. The van der Waals surface area contributed by atoms with E-state index in [0.29, 0.717) is 24.1 Å². The van der Waals surface area contributed by atoms with Gasteiger partial charge in [0.1, 0.15) is 5.75 Å². The van der Waals surface area contributed by atoms with Crippen molar-refractivity contribution in [2.45, 2.75) is 81.7 Å². The number of carbonyl (C=O) groups is 2. The van der Waals surface area contributed by atoms with Gasteiger partial charge in [0.2, 0.25) is 15.9 Å². The van der Waals surface area contributed by atoms with Crippen molar-refractivity contribution in [3.05, 3.63) is 58.7 Å². The van der Waals surface area contributed by atoms with Gasteiger partial charge < -0.3 is 14.5 Å². The fourth-order valence-electron chi connectivity index (χ4n) is 9.91. The van der Waals surface area contributed by atoms with Gasteiger partial charge in [-0.05, 0) is 85.5 Å². The number of benzene rings is 2. The number of anilines is 1. The molecule has 2 amide bonds. The first kappa shape index (κ1) is 30.2. The van der Waals surface area contributed by atoms with Gasteiger partial charge in [0.25, 0.3) is 5.91 Å². The first-order valence-corrected chi connectivity index (χ1v) is 19.2. The lowest BCUT2D eigenvalue weighted by Crippen LogP contribution is -2.58. The summed E-state index contributed by atoms with van der Waals surface area (Å²) in [5.74, 6) is 1.31. The molecule has 2 aromatic rings. The highest BCUT2D eigenvalue weighted by Gasteiger charge is 2.66. The van der Waals surface area contributed by atoms with Gasteiger partial charge in [-0.15, -0.1) is 0 Å². The van der Waals surface area contributed by atoms with E-state index >= 15 is 0 Å². The van der Waals surface area contributed by atoms with Gasteiger partial charge in [-0.25, -0.2) is 13.1 Å². The number of nitrogens with one attached hydrogen (secondary N) is 1. The number of fused-ring (bicyclic) bond motifs is 8. The van der Waals surface area contributed by atoms with E-state index in [1.165, 1.54) is 48.8 Å². The Hall–Kier alpha value is -3.11. The number of methoxy groups -OCH3 is 1. The lowest BCUT2D eigenvalue weighted by Gasteiger charge is -2.45. The zero-order valence-electron chi connectivity index (χ0n) is 27.0. The molecule has 10 heteroatoms. The number of piperazine rings is 1. The zero-order chi connectivity index (χ0) is 31.8. The molecule has 5 atom stereocenters. The van der Waals surface area contributed by atoms with E-state index in [1.807, 2.05) is 6.07 Å². The molecule has 2 aromatic carbocycles. The van der Waals surface area contributed by atoms with E-state index in [-0.39, 0.29) is 23.8 Å². The third-order valence-electron chi connectivity index (χ3n) is 12.1. The summed E-state index contributed by atoms with van der Waals surface area (Å²) < 4.78 is 31.9. The minimum atomic E-state index is -3.71. The van der Waals surface area contributed by atoms with Gasteiger partial charge in [-0.2, -0.15) is 0 Å². The third kappa shape index (κ3) is 5.02. The number of amides is 2. The summed E-state index contributed by atoms with van der Waals surface area (Å²) in [4.78, 5) is 35.1. The standard InChI is InChI=1S/C36H46N4O5S/c1-45-26-12-14-27-29(19-26)30-20-36(30,35(42)39-17-16-38-15-7-6-10-25(38)21-39)22-40-31-18-24(34(41)37-46(2,43)44)11-13-28(31)32(33(27)40)23-8-4-3-5-9-23/h11-14,18-19,23,25,30,32-33H,3-10,15-17,20-22H2,1-2H3,(H,37,41). The fraction of sp³-hybridized carbons (Fsp3) is 0.611. The SMILES string of the molecule is COc1ccc2c(c1)C1CC1(C(=O)N1CCN3CCCCC3C1)CN1c3cc(C(=O)NS(C)(=O)=O)ccc3C(C3CCCCC3)C21. The van der Waals surface area contributed by atoms with Gasteiger partial charge in [-0.3, -0.25) is 14.5 Å². The topological polar surface area (TPSA) is 99.3 Å². The second kappa shape index (κ2) is 11.3. The van der Waals surface area contributed by atoms with Gasteiger partial charge in [0.05, 0.1) is 24.8 Å². The van der Waals surface area contributed by atoms with Crippen LogP contribution in [0, 0.1) is 11.3 Å². The minimum absolute atomic E-state index is 0.0416. The lowest BCUT2D eigenvalue weighted by atomic mass is 9.72. The van der Waals surface area contributed by atoms with Gasteiger partial charge >= 0.3 is 0 Å². The lowest BCUT2D eigenvalue weighted by molar-refractivity contribution is -0.140. The number of hydrogen-bond donors (Lipinski definition) is 1. The van der Waals surface area contributed by atoms with E-state index in [1.54, 1.807) is 13.2 Å². The average molecular weight is 647 g/mol. The number of piperidine rings is 1. The number of rotatable bonds is 5. The molecule has 6 aliphatic rings. The maximum absolute atomic E-state index is 14.8. The third-order valence-corrected chi connectivity index (χ3v) is 12.7. The van der Waals surface area contributed by atoms with Crippen LogP contribution in [0.1, 0.15) is 103 Å². The van der Waals surface area contributed by atoms with Crippen LogP contribution in [0.15, 0.2) is 36.4 Å². The number of sulfonamides is 1. The summed E-state index contributed by atoms with van der Waals surface area (Å²) in [5.41, 5.74) is 4.47. The molecule has 4 aliphatic heterocycles. The summed E-state index contributed by atoms with van der Waals surface area (Å²) in [6, 6.07) is 12.7. The molecule has 9 nitrogen and oxygen atoms in total. The predicted octanol–water partition coefficient (Wildman–Crippen LogP) is 4.79. The number of hydrogen-bond acceptors (Lipinski definition) is 7. The number of ether oxygens (including phenoxy) is 1. The number of carbonyl (C=O) groups excluding carboxylic acids is 2. The highest BCUT2D eigenvalue weighted by molar-refractivity contribution is 7.89. The predicted molar refractivity (Wildman–Crippen MR) is 177 cm³/mol. The van der Waals surface area contributed by atoms with Crippen LogP contribution in [0.2, 0.25) is 0 Å². The van der Waals surface area contributed by atoms with E-state index < -0.39 is 21.3 Å². The molecule has 4 fully saturated rings. The Kier molecular flexibility index (Phi) is 7.40. The van der Waals surface area contributed by atoms with Crippen LogP contribution in [-0.4, -0.2) is 82.2 Å². The normalized spacial score (nSPS) is 30.7. The van der Waals surface area contributed by atoms with Crippen molar-refractivity contribution in [3.63, 3.8) is 0 Å². The Bertz CT molecular complexity index is 1670. The molecule has 8 rings (SSSR count). The molecule has 0 spiro atoms. The average Bonchev–Trinajstić information content (AvgIpc) is 3.73. The molecular weight excluding hydrogens is 600 g/mol. The quantitative estimate of drug-likeness (QED) is 0.499. The Balaban J connectivity index is 1.23. The summed E-state index contributed by atoms with van der Waals surface area (Å²) >= 11 is 0. The van der Waals surface area contributed by atoms with Crippen LogP contribution in [-0.2, 0) is 14.8 Å². The second-order valence-corrected chi connectivity index (χ2v) is 16.6. The van der Waals surface area contributed by atoms with Crippen LogP contribution >= 0.6 is 0 Å². The Labute approximate surface area is 272 Å². The first-order valence-electron chi connectivity index (χ1n) is 17.3. The van der Waals surface area contributed by atoms with Crippen molar-refractivity contribution in [2.75, 3.05) is 51.0 Å². The molecule has 0 aromatic heterocycles. The number of nitrogens with zero attached hydrogens (tertiary/aromatic N) is 3. The Morgan fingerprint density at radius 2 is 1.70 bits per heavy atom. The van der Waals surface area contributed by atoms with Crippen molar-refractivity contribution < 1.29 is 22.7 Å². The largest absolute Gasteiger partial charge is 0.497 e. The first-order chi connectivity index (χ1) is 22.2. The molecule has 1 N–H and O–H groups in total. The fourth-order valence-corrected chi connectivity index (χ4v) is 10.4. The summed E-state index contributed by atoms with van der Waals surface area (Å²) in [6.45, 7) is 4.25. The van der Waals surface area contributed by atoms with E-state index in [2.05, 4.69) is 43.7 Å². The Morgan fingerprint density at radius 3 is 2.48 bits per heavy atom. The minimum Gasteiger partial charge on any atom is -0.497 e. The maximum atomic E-state index is 14.8. The summed E-state index contributed by atoms with van der Waals surface area (Å²) in [5, 5.41) is 0. The van der Waals surface area contributed by atoms with Crippen LogP contribution in [0.4, 0.5) is 5.69 Å². The van der Waals surface area contributed by atoms with Crippen molar-refractivity contribution in [1.82, 2.24) is 14.5 Å². The highest BCUT2D eigenvalue weighted by atomic mass is 32.2. The molecule has 5 unspecified atom stereocenters. The van der Waals surface area contributed by atoms with E-state index in [4.69, 9.17) is 4.74 Å². The Morgan fingerprint density at radius 1 is 0.913 bits per heavy atom. The van der Waals surface area contributed by atoms with Gasteiger partial charge in [0, 0.05) is 55.3 Å². The maximum Gasteiger partial charge on any atom is 0.264 e. The monoisotopic (exact) mass is 646 g/mol. The molecule has 4 heterocycles. The van der Waals surface area contributed by atoms with Crippen LogP contribution in [0.3, 0.4) is 0 Å². The van der Waals surface area contributed by atoms with E-state index in [9.17, 15) is 18.0 Å². The van der Waals surface area contributed by atoms with Crippen molar-refractivity contribution in [2.24, 2.45) is 11.3 Å². The van der Waals surface area contributed by atoms with E-state index in [0.717, 1.165) is 69.6 Å². The molecule has 0 radical (unpaired) electrons. The summed E-state index contributed by atoms with van der Waals surface area (Å²) in [6.07, 6.45) is 11.5. The van der Waals surface area contributed by atoms with Crippen LogP contribution in [0.5, 0.6) is 5.75 Å². The van der Waals surface area contributed by atoms with Crippen molar-refractivity contribution in [3.8, 4) is 5.75 Å². The smallest absolute Gasteiger partial charge is 0.264 e. The van der Waals surface area contributed by atoms with Crippen molar-refractivity contribution in [1.29, 1.82) is 0 Å². The summed E-state index contributed by atoms with van der Waals surface area (Å²) in [7, 11) is -2.00. The molecule has 2 saturated heterocycles. The molecular formula is C36H46N4O5S. The second-order valence-electron chi connectivity index (χ2n) is 14.8. The van der Waals surface area contributed by atoms with Crippen molar-refractivity contribution >= 4 is 27.5 Å². The zero-order valence-corrected chi connectivity index (χ0v) is 27.9.